The van der Waals surface area contributed by atoms with Gasteiger partial charge in [-0.05, 0) is 13.8 Å². The number of imidazole rings is 1. The van der Waals surface area contributed by atoms with E-state index in [0.717, 1.165) is 0 Å². The Bertz CT molecular complexity index is 643. The van der Waals surface area contributed by atoms with Gasteiger partial charge in [-0.25, -0.2) is 15.0 Å². The van der Waals surface area contributed by atoms with Crippen LogP contribution in [-0.2, 0) is 4.74 Å². The third kappa shape index (κ3) is 1.84. The van der Waals surface area contributed by atoms with Crippen LogP contribution in [0.1, 0.15) is 19.0 Å². The lowest BCUT2D eigenvalue weighted by Crippen LogP contribution is -2.30. The summed E-state index contributed by atoms with van der Waals surface area (Å²) in [6.07, 6.45) is -1.55. The van der Waals surface area contributed by atoms with Crippen LogP contribution in [0.15, 0.2) is 6.33 Å². The summed E-state index contributed by atoms with van der Waals surface area (Å²) >= 11 is 0. The molecule has 1 aliphatic heterocycles. The maximum Gasteiger partial charge on any atom is 0.167 e. The lowest BCUT2D eigenvalue weighted by molar-refractivity contribution is -0.0299. The molecule has 0 aliphatic carbocycles. The van der Waals surface area contributed by atoms with E-state index in [1.54, 1.807) is 25.5 Å². The zero-order valence-electron chi connectivity index (χ0n) is 11.5. The number of fused-ring (bicyclic) bond motifs is 1. The molecule has 8 heteroatoms. The maximum absolute atomic E-state index is 10.1. The first kappa shape index (κ1) is 13.2. The van der Waals surface area contributed by atoms with Gasteiger partial charge in [-0.15, -0.1) is 0 Å². The fraction of sp³-hybridized carbons (Fsp3) is 0.583. The molecule has 3 heterocycles. The van der Waals surface area contributed by atoms with Crippen molar-refractivity contribution in [3.05, 3.63) is 12.2 Å². The minimum atomic E-state index is -1.02. The van der Waals surface area contributed by atoms with Crippen molar-refractivity contribution in [3.8, 4) is 0 Å². The highest BCUT2D eigenvalue weighted by molar-refractivity contribution is 5.82. The van der Waals surface area contributed by atoms with Gasteiger partial charge in [-0.1, -0.05) is 0 Å². The van der Waals surface area contributed by atoms with E-state index >= 15 is 0 Å². The number of hydrogen-bond acceptors (Lipinski definition) is 7. The SMILES string of the molecule is CNc1nc(C)nc2c1ncn2[C@@H]1O[C@H](C)[C@@H](O)[C@H]1O. The van der Waals surface area contributed by atoms with E-state index in [0.29, 0.717) is 22.8 Å². The summed E-state index contributed by atoms with van der Waals surface area (Å²) in [7, 11) is 1.76. The quantitative estimate of drug-likeness (QED) is 0.700. The first-order valence-corrected chi connectivity index (χ1v) is 6.43. The summed E-state index contributed by atoms with van der Waals surface area (Å²) in [4.78, 5) is 12.9. The van der Waals surface area contributed by atoms with Crippen molar-refractivity contribution >= 4 is 17.0 Å². The van der Waals surface area contributed by atoms with Crippen LogP contribution < -0.4 is 5.32 Å². The molecule has 1 saturated heterocycles. The van der Waals surface area contributed by atoms with Crippen molar-refractivity contribution in [2.75, 3.05) is 12.4 Å². The molecule has 2 aromatic heterocycles. The molecule has 0 aromatic carbocycles. The van der Waals surface area contributed by atoms with Gasteiger partial charge in [0.05, 0.1) is 12.4 Å². The van der Waals surface area contributed by atoms with Gasteiger partial charge in [0, 0.05) is 7.05 Å². The number of rotatable bonds is 2. The molecule has 0 amide bonds. The number of hydrogen-bond donors (Lipinski definition) is 3. The summed E-state index contributed by atoms with van der Waals surface area (Å²) in [5.74, 6) is 1.21. The third-order valence-electron chi connectivity index (χ3n) is 3.52. The highest BCUT2D eigenvalue weighted by Gasteiger charge is 2.42. The highest BCUT2D eigenvalue weighted by Crippen LogP contribution is 2.32. The predicted octanol–water partition coefficient (Wildman–Crippen LogP) is -0.184. The molecule has 3 rings (SSSR count). The van der Waals surface area contributed by atoms with Crippen LogP contribution >= 0.6 is 0 Å². The van der Waals surface area contributed by atoms with E-state index < -0.39 is 24.5 Å². The molecule has 4 atom stereocenters. The Labute approximate surface area is 115 Å². The summed E-state index contributed by atoms with van der Waals surface area (Å²) < 4.78 is 7.22. The Morgan fingerprint density at radius 3 is 2.65 bits per heavy atom. The molecule has 1 aliphatic rings. The Morgan fingerprint density at radius 1 is 1.30 bits per heavy atom. The van der Waals surface area contributed by atoms with Crippen molar-refractivity contribution in [2.24, 2.45) is 0 Å². The molecule has 108 valence electrons. The zero-order chi connectivity index (χ0) is 14.4. The molecule has 0 spiro atoms. The number of aliphatic hydroxyl groups is 2. The molecule has 3 N–H and O–H groups in total. The second kappa shape index (κ2) is 4.65. The van der Waals surface area contributed by atoms with E-state index in [2.05, 4.69) is 20.3 Å². The molecule has 0 radical (unpaired) electrons. The average Bonchev–Trinajstić information content (AvgIpc) is 2.94. The largest absolute Gasteiger partial charge is 0.388 e. The summed E-state index contributed by atoms with van der Waals surface area (Å²) in [6, 6.07) is 0. The third-order valence-corrected chi connectivity index (χ3v) is 3.52. The zero-order valence-corrected chi connectivity index (χ0v) is 11.5. The number of anilines is 1. The molecule has 0 bridgehead atoms. The number of ether oxygens (including phenoxy) is 1. The first-order valence-electron chi connectivity index (χ1n) is 6.43. The van der Waals surface area contributed by atoms with Crippen LogP contribution in [0.4, 0.5) is 5.82 Å². The lowest BCUT2D eigenvalue weighted by atomic mass is 10.1. The van der Waals surface area contributed by atoms with E-state index in [1.807, 2.05) is 0 Å². The smallest absolute Gasteiger partial charge is 0.167 e. The molecule has 2 aromatic rings. The number of aromatic nitrogens is 4. The normalized spacial score (nSPS) is 30.1. The van der Waals surface area contributed by atoms with E-state index in [-0.39, 0.29) is 0 Å². The van der Waals surface area contributed by atoms with E-state index in [1.165, 1.54) is 6.33 Å². The second-order valence-corrected chi connectivity index (χ2v) is 4.91. The average molecular weight is 279 g/mol. The van der Waals surface area contributed by atoms with Crippen LogP contribution in [-0.4, -0.2) is 55.1 Å². The molecule has 0 unspecified atom stereocenters. The predicted molar refractivity (Wildman–Crippen MR) is 71.2 cm³/mol. The minimum absolute atomic E-state index is 0.445. The van der Waals surface area contributed by atoms with Crippen LogP contribution in [0.5, 0.6) is 0 Å². The Balaban J connectivity index is 2.11. The Hall–Kier alpha value is -1.77. The van der Waals surface area contributed by atoms with Crippen LogP contribution in [0.25, 0.3) is 11.2 Å². The number of aryl methyl sites for hydroxylation is 1. The summed E-state index contributed by atoms with van der Waals surface area (Å²) in [5, 5.41) is 22.8. The van der Waals surface area contributed by atoms with Crippen molar-refractivity contribution in [1.82, 2.24) is 19.5 Å². The van der Waals surface area contributed by atoms with Gasteiger partial charge in [-0.3, -0.25) is 4.57 Å². The van der Waals surface area contributed by atoms with Crippen molar-refractivity contribution in [2.45, 2.75) is 38.4 Å². The van der Waals surface area contributed by atoms with Crippen molar-refractivity contribution < 1.29 is 14.9 Å². The van der Waals surface area contributed by atoms with Gasteiger partial charge >= 0.3 is 0 Å². The second-order valence-electron chi connectivity index (χ2n) is 4.91. The first-order chi connectivity index (χ1) is 9.52. The van der Waals surface area contributed by atoms with Crippen LogP contribution in [0.2, 0.25) is 0 Å². The maximum atomic E-state index is 10.1. The molecular weight excluding hydrogens is 262 g/mol. The van der Waals surface area contributed by atoms with Crippen LogP contribution in [0.3, 0.4) is 0 Å². The monoisotopic (exact) mass is 279 g/mol. The number of aliphatic hydroxyl groups excluding tert-OH is 2. The summed E-state index contributed by atoms with van der Waals surface area (Å²) in [6.45, 7) is 3.49. The molecule has 20 heavy (non-hydrogen) atoms. The standard InChI is InChI=1S/C12H17N5O3/c1-5-8(18)9(19)12(20-5)17-4-14-7-10(13-3)15-6(2)16-11(7)17/h4-5,8-9,12,18-19H,1-3H3,(H,13,15,16)/t5-,8-,9-,12-/m1/s1. The Kier molecular flexibility index (Phi) is 3.08. The Morgan fingerprint density at radius 2 is 2.05 bits per heavy atom. The molecule has 8 nitrogen and oxygen atoms in total. The molecule has 1 fully saturated rings. The fourth-order valence-electron chi connectivity index (χ4n) is 2.44. The number of nitrogens with one attached hydrogen (secondary N) is 1. The lowest BCUT2D eigenvalue weighted by Gasteiger charge is -2.16. The van der Waals surface area contributed by atoms with Crippen LogP contribution in [0, 0.1) is 6.92 Å². The van der Waals surface area contributed by atoms with Crippen molar-refractivity contribution in [3.63, 3.8) is 0 Å². The van der Waals surface area contributed by atoms with Gasteiger partial charge in [0.25, 0.3) is 0 Å². The van der Waals surface area contributed by atoms with Gasteiger partial charge in [0.1, 0.15) is 18.0 Å². The summed E-state index contributed by atoms with van der Waals surface area (Å²) in [5.41, 5.74) is 1.16. The van der Waals surface area contributed by atoms with E-state index in [4.69, 9.17) is 4.74 Å². The van der Waals surface area contributed by atoms with E-state index in [9.17, 15) is 10.2 Å². The van der Waals surface area contributed by atoms with Crippen molar-refractivity contribution in [1.29, 1.82) is 0 Å². The van der Waals surface area contributed by atoms with Gasteiger partial charge in [0.15, 0.2) is 23.2 Å². The van der Waals surface area contributed by atoms with Gasteiger partial charge in [0.2, 0.25) is 0 Å². The molecule has 0 saturated carbocycles. The highest BCUT2D eigenvalue weighted by atomic mass is 16.6. The number of nitrogens with zero attached hydrogens (tertiary/aromatic N) is 4. The molecular formula is C12H17N5O3. The minimum Gasteiger partial charge on any atom is -0.388 e. The fourth-order valence-corrected chi connectivity index (χ4v) is 2.44. The van der Waals surface area contributed by atoms with Gasteiger partial charge in [-0.2, -0.15) is 0 Å². The topological polar surface area (TPSA) is 105 Å². The van der Waals surface area contributed by atoms with Gasteiger partial charge < -0.3 is 20.3 Å².